The molecule has 0 saturated carbocycles. The number of hydrogen-bond donors (Lipinski definition) is 1. The lowest BCUT2D eigenvalue weighted by atomic mass is 10.1. The zero-order valence-electron chi connectivity index (χ0n) is 15.5. The Morgan fingerprint density at radius 3 is 2.50 bits per heavy atom. The number of nitrogens with zero attached hydrogens (tertiary/aromatic N) is 2. The molecule has 8 heteroatoms. The number of para-hydroxylation sites is 1. The summed E-state index contributed by atoms with van der Waals surface area (Å²) < 4.78 is 5.45. The van der Waals surface area contributed by atoms with Gasteiger partial charge in [-0.1, -0.05) is 35.3 Å². The Kier molecular flexibility index (Phi) is 6.78. The number of piperazine rings is 1. The summed E-state index contributed by atoms with van der Waals surface area (Å²) in [7, 11) is 2.03. The molecule has 0 spiro atoms. The van der Waals surface area contributed by atoms with Gasteiger partial charge in [0.2, 0.25) is 0 Å². The minimum Gasteiger partial charge on any atom is -0.482 e. The van der Waals surface area contributed by atoms with Crippen molar-refractivity contribution in [3.05, 3.63) is 58.1 Å². The number of hydrogen-bond acceptors (Lipinski definition) is 4. The van der Waals surface area contributed by atoms with Crippen molar-refractivity contribution in [1.82, 2.24) is 9.80 Å². The van der Waals surface area contributed by atoms with Crippen LogP contribution >= 0.6 is 23.2 Å². The number of rotatable bonds is 5. The first-order valence-corrected chi connectivity index (χ1v) is 9.64. The van der Waals surface area contributed by atoms with Crippen LogP contribution in [0.25, 0.3) is 0 Å². The number of carbonyl (C=O) groups excluding carboxylic acids is 2. The minimum atomic E-state index is -0.385. The van der Waals surface area contributed by atoms with Crippen LogP contribution in [0.5, 0.6) is 5.75 Å². The van der Waals surface area contributed by atoms with Crippen LogP contribution in [0.3, 0.4) is 0 Å². The van der Waals surface area contributed by atoms with E-state index in [-0.39, 0.29) is 18.4 Å². The molecule has 0 atom stereocenters. The van der Waals surface area contributed by atoms with Crippen molar-refractivity contribution in [3.8, 4) is 5.75 Å². The van der Waals surface area contributed by atoms with Crippen LogP contribution in [0.4, 0.5) is 5.69 Å². The summed E-state index contributed by atoms with van der Waals surface area (Å²) in [6, 6.07) is 11.7. The van der Waals surface area contributed by atoms with Gasteiger partial charge in [-0.25, -0.2) is 0 Å². The number of carbonyl (C=O) groups is 2. The summed E-state index contributed by atoms with van der Waals surface area (Å²) >= 11 is 11.9. The molecule has 0 radical (unpaired) electrons. The van der Waals surface area contributed by atoms with E-state index in [4.69, 9.17) is 27.9 Å². The largest absolute Gasteiger partial charge is 0.482 e. The molecule has 3 rings (SSSR count). The summed E-state index contributed by atoms with van der Waals surface area (Å²) in [6.07, 6.45) is 0. The lowest BCUT2D eigenvalue weighted by molar-refractivity contribution is -0.118. The van der Waals surface area contributed by atoms with Crippen LogP contribution in [-0.4, -0.2) is 61.4 Å². The molecule has 1 aliphatic rings. The molecule has 1 heterocycles. The van der Waals surface area contributed by atoms with E-state index in [1.807, 2.05) is 7.05 Å². The molecule has 2 amide bonds. The van der Waals surface area contributed by atoms with Gasteiger partial charge in [0.15, 0.2) is 6.61 Å². The van der Waals surface area contributed by atoms with Crippen LogP contribution < -0.4 is 10.1 Å². The van der Waals surface area contributed by atoms with Gasteiger partial charge in [0.1, 0.15) is 5.75 Å². The SMILES string of the molecule is CN1CCN(C(=O)c2ccccc2NC(=O)COc2ccc(Cl)cc2Cl)CC1. The van der Waals surface area contributed by atoms with E-state index < -0.39 is 0 Å². The fraction of sp³-hybridized carbons (Fsp3) is 0.300. The van der Waals surface area contributed by atoms with E-state index in [9.17, 15) is 9.59 Å². The Morgan fingerprint density at radius 1 is 1.07 bits per heavy atom. The third-order valence-electron chi connectivity index (χ3n) is 4.47. The fourth-order valence-electron chi connectivity index (χ4n) is 2.88. The van der Waals surface area contributed by atoms with Crippen LogP contribution in [-0.2, 0) is 4.79 Å². The van der Waals surface area contributed by atoms with Crippen molar-refractivity contribution in [2.24, 2.45) is 0 Å². The molecule has 2 aromatic carbocycles. The van der Waals surface area contributed by atoms with E-state index in [1.165, 1.54) is 0 Å². The van der Waals surface area contributed by atoms with Crippen molar-refractivity contribution in [2.75, 3.05) is 45.2 Å². The summed E-state index contributed by atoms with van der Waals surface area (Å²) in [5.41, 5.74) is 0.923. The maximum atomic E-state index is 12.9. The monoisotopic (exact) mass is 421 g/mol. The molecule has 0 bridgehead atoms. The van der Waals surface area contributed by atoms with Crippen molar-refractivity contribution in [2.45, 2.75) is 0 Å². The molecule has 0 aromatic heterocycles. The molecule has 1 aliphatic heterocycles. The highest BCUT2D eigenvalue weighted by Gasteiger charge is 2.22. The second-order valence-electron chi connectivity index (χ2n) is 6.55. The molecule has 1 saturated heterocycles. The predicted molar refractivity (Wildman–Crippen MR) is 110 cm³/mol. The van der Waals surface area contributed by atoms with Crippen LogP contribution in [0.2, 0.25) is 10.0 Å². The summed E-state index contributed by atoms with van der Waals surface area (Å²) in [5.74, 6) is -0.113. The zero-order chi connectivity index (χ0) is 20.1. The van der Waals surface area contributed by atoms with Gasteiger partial charge in [0.25, 0.3) is 11.8 Å². The van der Waals surface area contributed by atoms with Gasteiger partial charge >= 0.3 is 0 Å². The Balaban J connectivity index is 1.64. The first-order chi connectivity index (χ1) is 13.4. The van der Waals surface area contributed by atoms with E-state index in [1.54, 1.807) is 47.4 Å². The maximum Gasteiger partial charge on any atom is 0.262 e. The van der Waals surface area contributed by atoms with E-state index >= 15 is 0 Å². The molecule has 148 valence electrons. The molecule has 0 aliphatic carbocycles. The minimum absolute atomic E-state index is 0.0920. The Morgan fingerprint density at radius 2 is 1.79 bits per heavy atom. The average molecular weight is 422 g/mol. The van der Waals surface area contributed by atoms with Gasteiger partial charge in [0.05, 0.1) is 16.3 Å². The third kappa shape index (κ3) is 5.16. The standard InChI is InChI=1S/C20H21Cl2N3O3/c1-24-8-10-25(11-9-24)20(27)15-4-2-3-5-17(15)23-19(26)13-28-18-7-6-14(21)12-16(18)22/h2-7,12H,8-11,13H2,1H3,(H,23,26). The molecule has 1 N–H and O–H groups in total. The van der Waals surface area contributed by atoms with Crippen molar-refractivity contribution < 1.29 is 14.3 Å². The van der Waals surface area contributed by atoms with Gasteiger partial charge in [-0.15, -0.1) is 0 Å². The lowest BCUT2D eigenvalue weighted by Gasteiger charge is -2.32. The Hall–Kier alpha value is -2.28. The summed E-state index contributed by atoms with van der Waals surface area (Å²) in [5, 5.41) is 3.56. The average Bonchev–Trinajstić information content (AvgIpc) is 2.68. The lowest BCUT2D eigenvalue weighted by Crippen LogP contribution is -2.47. The normalized spacial score (nSPS) is 14.6. The van der Waals surface area contributed by atoms with Crippen LogP contribution in [0.1, 0.15) is 10.4 Å². The fourth-order valence-corrected chi connectivity index (χ4v) is 3.34. The number of amides is 2. The highest BCUT2D eigenvalue weighted by Crippen LogP contribution is 2.27. The van der Waals surface area contributed by atoms with Crippen molar-refractivity contribution in [3.63, 3.8) is 0 Å². The van der Waals surface area contributed by atoms with Gasteiger partial charge in [-0.3, -0.25) is 9.59 Å². The molecule has 6 nitrogen and oxygen atoms in total. The Labute approximate surface area is 174 Å². The predicted octanol–water partition coefficient (Wildman–Crippen LogP) is 3.40. The number of benzene rings is 2. The first-order valence-electron chi connectivity index (χ1n) is 8.88. The molecule has 28 heavy (non-hydrogen) atoms. The van der Waals surface area contributed by atoms with E-state index in [2.05, 4.69) is 10.2 Å². The summed E-state index contributed by atoms with van der Waals surface area (Å²) in [4.78, 5) is 29.2. The number of anilines is 1. The van der Waals surface area contributed by atoms with Gasteiger partial charge in [-0.05, 0) is 37.4 Å². The number of likely N-dealkylation sites (N-methyl/N-ethyl adjacent to an activating group) is 1. The molecule has 1 fully saturated rings. The zero-order valence-corrected chi connectivity index (χ0v) is 17.0. The van der Waals surface area contributed by atoms with Gasteiger partial charge in [0, 0.05) is 31.2 Å². The van der Waals surface area contributed by atoms with Crippen molar-refractivity contribution in [1.29, 1.82) is 0 Å². The Bertz CT molecular complexity index is 868. The van der Waals surface area contributed by atoms with E-state index in [0.717, 1.165) is 13.1 Å². The van der Waals surface area contributed by atoms with Crippen LogP contribution in [0, 0.1) is 0 Å². The van der Waals surface area contributed by atoms with E-state index in [0.29, 0.717) is 40.1 Å². The quantitative estimate of drug-likeness (QED) is 0.803. The first kappa shape index (κ1) is 20.5. The number of nitrogens with one attached hydrogen (secondary N) is 1. The number of halogens is 2. The highest BCUT2D eigenvalue weighted by atomic mass is 35.5. The van der Waals surface area contributed by atoms with Gasteiger partial charge < -0.3 is 19.9 Å². The second-order valence-corrected chi connectivity index (χ2v) is 7.40. The molecular weight excluding hydrogens is 401 g/mol. The topological polar surface area (TPSA) is 61.9 Å². The molecule has 2 aromatic rings. The maximum absolute atomic E-state index is 12.9. The number of ether oxygens (including phenoxy) is 1. The third-order valence-corrected chi connectivity index (χ3v) is 5.01. The van der Waals surface area contributed by atoms with Crippen molar-refractivity contribution >= 4 is 40.7 Å². The molecular formula is C20H21Cl2N3O3. The smallest absolute Gasteiger partial charge is 0.262 e. The van der Waals surface area contributed by atoms with Crippen LogP contribution in [0.15, 0.2) is 42.5 Å². The molecule has 0 unspecified atom stereocenters. The van der Waals surface area contributed by atoms with Gasteiger partial charge in [-0.2, -0.15) is 0 Å². The summed E-state index contributed by atoms with van der Waals surface area (Å²) in [6.45, 7) is 2.75. The second kappa shape index (κ2) is 9.28. The highest BCUT2D eigenvalue weighted by molar-refractivity contribution is 6.35.